The Morgan fingerprint density at radius 3 is 2.59 bits per heavy atom. The topological polar surface area (TPSA) is 91.0 Å². The van der Waals surface area contributed by atoms with Gasteiger partial charge in [-0.25, -0.2) is 12.8 Å². The molecule has 0 atom stereocenters. The van der Waals surface area contributed by atoms with Crippen molar-refractivity contribution < 1.29 is 17.3 Å². The molecule has 0 bridgehead atoms. The van der Waals surface area contributed by atoms with E-state index in [1.165, 1.54) is 16.6 Å². The summed E-state index contributed by atoms with van der Waals surface area (Å²) in [6, 6.07) is 8.24. The van der Waals surface area contributed by atoms with E-state index in [-0.39, 0.29) is 35.5 Å². The van der Waals surface area contributed by atoms with Gasteiger partial charge in [-0.1, -0.05) is 23.4 Å². The Morgan fingerprint density at radius 1 is 1.24 bits per heavy atom. The molecular formula is C18H25FIN5O3S. The van der Waals surface area contributed by atoms with Crippen LogP contribution in [0.3, 0.4) is 0 Å². The number of aromatic nitrogens is 1. The van der Waals surface area contributed by atoms with Gasteiger partial charge in [0, 0.05) is 45.8 Å². The molecule has 0 saturated carbocycles. The lowest BCUT2D eigenvalue weighted by atomic mass is 10.1. The summed E-state index contributed by atoms with van der Waals surface area (Å²) >= 11 is 0. The molecule has 0 radical (unpaired) electrons. The number of guanidine groups is 1. The number of aliphatic imine (C=N–C) groups is 1. The summed E-state index contributed by atoms with van der Waals surface area (Å²) in [5, 5.41) is 6.89. The van der Waals surface area contributed by atoms with Crippen molar-refractivity contribution in [3.8, 4) is 0 Å². The lowest BCUT2D eigenvalue weighted by Crippen LogP contribution is -2.54. The zero-order valence-corrected chi connectivity index (χ0v) is 19.3. The summed E-state index contributed by atoms with van der Waals surface area (Å²) in [4.78, 5) is 6.26. The summed E-state index contributed by atoms with van der Waals surface area (Å²) in [5.41, 5.74) is 1.04. The van der Waals surface area contributed by atoms with Crippen molar-refractivity contribution in [1.82, 2.24) is 19.7 Å². The average Bonchev–Trinajstić information content (AvgIpc) is 3.19. The lowest BCUT2D eigenvalue weighted by molar-refractivity contribution is 0.260. The molecule has 11 heteroatoms. The Morgan fingerprint density at radius 2 is 1.97 bits per heavy atom. The van der Waals surface area contributed by atoms with Crippen molar-refractivity contribution in [2.75, 3.05) is 39.8 Å². The monoisotopic (exact) mass is 537 g/mol. The Balaban J connectivity index is 0.00000300. The van der Waals surface area contributed by atoms with Gasteiger partial charge >= 0.3 is 0 Å². The summed E-state index contributed by atoms with van der Waals surface area (Å²) in [5.74, 6) is 0.300. The Bertz CT molecular complexity index is 900. The number of hydrogen-bond acceptors (Lipinski definition) is 5. The van der Waals surface area contributed by atoms with Crippen molar-refractivity contribution in [1.29, 1.82) is 0 Å². The number of sulfonamides is 1. The third-order valence-corrected chi connectivity index (χ3v) is 6.41. The van der Waals surface area contributed by atoms with Gasteiger partial charge in [0.2, 0.25) is 10.0 Å². The van der Waals surface area contributed by atoms with Crippen LogP contribution in [0.5, 0.6) is 0 Å². The first-order valence-electron chi connectivity index (χ1n) is 9.05. The van der Waals surface area contributed by atoms with Crippen molar-refractivity contribution in [2.24, 2.45) is 4.99 Å². The number of hydrogen-bond donors (Lipinski definition) is 1. The predicted octanol–water partition coefficient (Wildman–Crippen LogP) is 1.70. The minimum Gasteiger partial charge on any atom is -0.364 e. The summed E-state index contributed by atoms with van der Waals surface area (Å²) in [7, 11) is -1.76. The fourth-order valence-electron chi connectivity index (χ4n) is 3.11. The van der Waals surface area contributed by atoms with Crippen LogP contribution in [-0.4, -0.2) is 68.5 Å². The van der Waals surface area contributed by atoms with Crippen LogP contribution in [0.2, 0.25) is 0 Å². The van der Waals surface area contributed by atoms with Gasteiger partial charge in [0.05, 0.1) is 5.69 Å². The Labute approximate surface area is 187 Å². The normalized spacial score (nSPS) is 15.8. The second-order valence-corrected chi connectivity index (χ2v) is 8.42. The van der Waals surface area contributed by atoms with Gasteiger partial charge in [0.1, 0.15) is 17.8 Å². The highest BCUT2D eigenvalue weighted by molar-refractivity contribution is 14.0. The molecule has 0 unspecified atom stereocenters. The van der Waals surface area contributed by atoms with E-state index in [0.717, 1.165) is 0 Å². The van der Waals surface area contributed by atoms with Crippen molar-refractivity contribution in [3.63, 3.8) is 0 Å². The highest BCUT2D eigenvalue weighted by atomic mass is 127. The summed E-state index contributed by atoms with van der Waals surface area (Å²) in [6.45, 7) is 2.33. The van der Waals surface area contributed by atoms with Crippen LogP contribution >= 0.6 is 24.0 Å². The largest absolute Gasteiger partial charge is 0.364 e. The molecule has 160 valence electrons. The molecule has 0 amide bonds. The molecule has 3 rings (SSSR count). The zero-order chi connectivity index (χ0) is 20.0. The first kappa shape index (κ1) is 23.5. The molecule has 1 aliphatic heterocycles. The maximum Gasteiger partial charge on any atom is 0.220 e. The van der Waals surface area contributed by atoms with E-state index in [1.54, 1.807) is 25.2 Å². The molecule has 1 saturated heterocycles. The van der Waals surface area contributed by atoms with E-state index in [2.05, 4.69) is 15.5 Å². The smallest absolute Gasteiger partial charge is 0.220 e. The first-order valence-corrected chi connectivity index (χ1v) is 10.7. The molecule has 1 aliphatic rings. The Kier molecular flexibility index (Phi) is 8.83. The van der Waals surface area contributed by atoms with Crippen LogP contribution in [0.25, 0.3) is 0 Å². The highest BCUT2D eigenvalue weighted by Gasteiger charge is 2.28. The fraction of sp³-hybridized carbons (Fsp3) is 0.444. The van der Waals surface area contributed by atoms with Gasteiger partial charge < -0.3 is 14.7 Å². The fourth-order valence-corrected chi connectivity index (χ4v) is 4.54. The molecule has 0 spiro atoms. The molecule has 1 N–H and O–H groups in total. The third-order valence-electron chi connectivity index (χ3n) is 4.60. The quantitative estimate of drug-likeness (QED) is 0.343. The van der Waals surface area contributed by atoms with E-state index < -0.39 is 10.0 Å². The standard InChI is InChI=1S/C18H24FN5O3S.HI/c1-20-18(21-8-6-15-4-2-3-5-17(15)19)23-9-11-24(12-10-23)28(25,26)14-16-7-13-27-22-16;/h2-5,7,13H,6,8-12,14H2,1H3,(H,20,21);1H. The van der Waals surface area contributed by atoms with Gasteiger partial charge in [-0.3, -0.25) is 4.99 Å². The van der Waals surface area contributed by atoms with Gasteiger partial charge in [-0.15, -0.1) is 24.0 Å². The predicted molar refractivity (Wildman–Crippen MR) is 119 cm³/mol. The van der Waals surface area contributed by atoms with Crippen LogP contribution < -0.4 is 5.32 Å². The van der Waals surface area contributed by atoms with E-state index in [1.807, 2.05) is 11.0 Å². The van der Waals surface area contributed by atoms with Gasteiger partial charge in [-0.2, -0.15) is 4.31 Å². The van der Waals surface area contributed by atoms with E-state index in [4.69, 9.17) is 4.52 Å². The summed E-state index contributed by atoms with van der Waals surface area (Å²) in [6.07, 6.45) is 1.90. The molecule has 0 aliphatic carbocycles. The third kappa shape index (κ3) is 6.37. The average molecular weight is 537 g/mol. The lowest BCUT2D eigenvalue weighted by Gasteiger charge is -2.35. The number of benzene rings is 1. The Hall–Kier alpha value is -1.73. The maximum absolute atomic E-state index is 13.7. The van der Waals surface area contributed by atoms with E-state index in [0.29, 0.717) is 56.4 Å². The number of nitrogens with one attached hydrogen (secondary N) is 1. The molecule has 1 aromatic heterocycles. The van der Waals surface area contributed by atoms with Crippen LogP contribution in [0.15, 0.2) is 46.1 Å². The number of nitrogens with zero attached hydrogens (tertiary/aromatic N) is 4. The van der Waals surface area contributed by atoms with Crippen LogP contribution in [-0.2, 0) is 22.2 Å². The first-order chi connectivity index (χ1) is 13.5. The minimum atomic E-state index is -3.44. The van der Waals surface area contributed by atoms with Crippen molar-refractivity contribution in [3.05, 3.63) is 53.7 Å². The van der Waals surface area contributed by atoms with Crippen LogP contribution in [0.4, 0.5) is 4.39 Å². The minimum absolute atomic E-state index is 0. The van der Waals surface area contributed by atoms with Gasteiger partial charge in [0.25, 0.3) is 0 Å². The van der Waals surface area contributed by atoms with Crippen LogP contribution in [0, 0.1) is 5.82 Å². The molecule has 29 heavy (non-hydrogen) atoms. The molecule has 2 aromatic rings. The van der Waals surface area contributed by atoms with Gasteiger partial charge in [-0.05, 0) is 18.1 Å². The number of rotatable bonds is 6. The molecule has 2 heterocycles. The highest BCUT2D eigenvalue weighted by Crippen LogP contribution is 2.13. The number of halogens is 2. The molecular weight excluding hydrogens is 512 g/mol. The second-order valence-electron chi connectivity index (χ2n) is 6.45. The van der Waals surface area contributed by atoms with Crippen molar-refractivity contribution >= 4 is 40.0 Å². The molecule has 8 nitrogen and oxygen atoms in total. The second kappa shape index (κ2) is 10.9. The molecule has 1 fully saturated rings. The van der Waals surface area contributed by atoms with Gasteiger partial charge in [0.15, 0.2) is 5.96 Å². The van der Waals surface area contributed by atoms with Crippen molar-refractivity contribution in [2.45, 2.75) is 12.2 Å². The van der Waals surface area contributed by atoms with E-state index >= 15 is 0 Å². The van der Waals surface area contributed by atoms with Crippen LogP contribution in [0.1, 0.15) is 11.3 Å². The zero-order valence-electron chi connectivity index (χ0n) is 16.1. The van der Waals surface area contributed by atoms with E-state index in [9.17, 15) is 12.8 Å². The summed E-state index contributed by atoms with van der Waals surface area (Å²) < 4.78 is 44.9. The number of piperazine rings is 1. The SMILES string of the molecule is CN=C(NCCc1ccccc1F)N1CCN(S(=O)(=O)Cc2ccon2)CC1.I. The maximum atomic E-state index is 13.7. The molecule has 1 aromatic carbocycles.